The number of rotatable bonds is 5. The molecule has 0 saturated carbocycles. The summed E-state index contributed by atoms with van der Waals surface area (Å²) in [6.07, 6.45) is -0.265. The monoisotopic (exact) mass is 325 g/mol. The third-order valence-corrected chi connectivity index (χ3v) is 3.90. The van der Waals surface area contributed by atoms with Crippen molar-refractivity contribution < 1.29 is 19.2 Å². The van der Waals surface area contributed by atoms with Gasteiger partial charge in [0.2, 0.25) is 6.10 Å². The number of ether oxygens (including phenoxy) is 2. The Morgan fingerprint density at radius 2 is 2.00 bits per heavy atom. The highest BCUT2D eigenvalue weighted by Crippen LogP contribution is 2.44. The van der Waals surface area contributed by atoms with Gasteiger partial charge in [-0.05, 0) is 12.1 Å². The van der Waals surface area contributed by atoms with Gasteiger partial charge in [0, 0.05) is 29.2 Å². The second kappa shape index (κ2) is 6.54. The molecule has 0 N–H and O–H groups in total. The van der Waals surface area contributed by atoms with Crippen LogP contribution in [0.2, 0.25) is 0 Å². The van der Waals surface area contributed by atoms with Crippen LogP contribution in [0.5, 0.6) is 11.5 Å². The first-order valence-corrected chi connectivity index (χ1v) is 7.36. The molecule has 3 rings (SSSR count). The SMILES string of the molecule is COc1ccc2c(c1)O[C@@H](c1ccccc1)C([N+](=O)[O-])=C2CC=O. The van der Waals surface area contributed by atoms with Crippen molar-refractivity contribution in [1.82, 2.24) is 0 Å². The fourth-order valence-electron chi connectivity index (χ4n) is 2.81. The van der Waals surface area contributed by atoms with Gasteiger partial charge >= 0.3 is 0 Å². The summed E-state index contributed by atoms with van der Waals surface area (Å²) >= 11 is 0. The van der Waals surface area contributed by atoms with E-state index in [0.29, 0.717) is 34.5 Å². The van der Waals surface area contributed by atoms with Gasteiger partial charge in [0.25, 0.3) is 5.70 Å². The Morgan fingerprint density at radius 3 is 2.62 bits per heavy atom. The van der Waals surface area contributed by atoms with Crippen molar-refractivity contribution in [3.8, 4) is 11.5 Å². The summed E-state index contributed by atoms with van der Waals surface area (Å²) in [6.45, 7) is 0. The van der Waals surface area contributed by atoms with Gasteiger partial charge in [0.15, 0.2) is 0 Å². The van der Waals surface area contributed by atoms with Crippen LogP contribution in [0.25, 0.3) is 5.57 Å². The largest absolute Gasteiger partial charge is 0.497 e. The van der Waals surface area contributed by atoms with E-state index in [4.69, 9.17) is 9.47 Å². The zero-order chi connectivity index (χ0) is 17.1. The van der Waals surface area contributed by atoms with E-state index in [0.717, 1.165) is 0 Å². The Hall–Kier alpha value is -3.15. The molecule has 0 radical (unpaired) electrons. The molecule has 1 heterocycles. The molecule has 2 aromatic rings. The molecule has 6 nitrogen and oxygen atoms in total. The van der Waals surface area contributed by atoms with E-state index in [2.05, 4.69) is 0 Å². The lowest BCUT2D eigenvalue weighted by molar-refractivity contribution is -0.435. The van der Waals surface area contributed by atoms with Crippen LogP contribution in [0.4, 0.5) is 0 Å². The molecule has 0 aromatic heterocycles. The average Bonchev–Trinajstić information content (AvgIpc) is 2.61. The van der Waals surface area contributed by atoms with Crippen LogP contribution in [-0.4, -0.2) is 18.3 Å². The Bertz CT molecular complexity index is 813. The number of benzene rings is 2. The zero-order valence-corrected chi connectivity index (χ0v) is 13.0. The van der Waals surface area contributed by atoms with Gasteiger partial charge in [-0.3, -0.25) is 10.1 Å². The van der Waals surface area contributed by atoms with E-state index in [1.54, 1.807) is 42.5 Å². The average molecular weight is 325 g/mol. The summed E-state index contributed by atoms with van der Waals surface area (Å²) < 4.78 is 11.1. The van der Waals surface area contributed by atoms with Gasteiger partial charge in [-0.25, -0.2) is 0 Å². The van der Waals surface area contributed by atoms with Gasteiger partial charge in [-0.2, -0.15) is 0 Å². The number of aldehydes is 1. The molecule has 1 aliphatic rings. The summed E-state index contributed by atoms with van der Waals surface area (Å²) in [5, 5.41) is 11.7. The van der Waals surface area contributed by atoms with Crippen molar-refractivity contribution in [2.75, 3.05) is 7.11 Å². The highest BCUT2D eigenvalue weighted by atomic mass is 16.6. The second-order valence-electron chi connectivity index (χ2n) is 5.26. The number of hydrogen-bond donors (Lipinski definition) is 0. The van der Waals surface area contributed by atoms with Crippen LogP contribution in [0.15, 0.2) is 54.2 Å². The van der Waals surface area contributed by atoms with E-state index < -0.39 is 11.0 Å². The summed E-state index contributed by atoms with van der Waals surface area (Å²) in [4.78, 5) is 22.3. The van der Waals surface area contributed by atoms with Crippen LogP contribution in [0.3, 0.4) is 0 Å². The van der Waals surface area contributed by atoms with Crippen molar-refractivity contribution in [3.05, 3.63) is 75.5 Å². The van der Waals surface area contributed by atoms with Crippen molar-refractivity contribution >= 4 is 11.9 Å². The van der Waals surface area contributed by atoms with Gasteiger partial charge in [0.1, 0.15) is 17.8 Å². The number of nitro groups is 1. The minimum atomic E-state index is -0.879. The second-order valence-corrected chi connectivity index (χ2v) is 5.26. The lowest BCUT2D eigenvalue weighted by atomic mass is 9.92. The Kier molecular flexibility index (Phi) is 4.29. The molecule has 122 valence electrons. The van der Waals surface area contributed by atoms with Gasteiger partial charge in [-0.1, -0.05) is 30.3 Å². The maximum absolute atomic E-state index is 11.7. The molecule has 0 saturated heterocycles. The molecule has 0 bridgehead atoms. The number of fused-ring (bicyclic) bond motifs is 1. The minimum absolute atomic E-state index is 0.0532. The predicted octanol–water partition coefficient (Wildman–Crippen LogP) is 3.41. The molecule has 24 heavy (non-hydrogen) atoms. The fourth-order valence-corrected chi connectivity index (χ4v) is 2.81. The summed E-state index contributed by atoms with van der Waals surface area (Å²) in [5.74, 6) is 1.04. The van der Waals surface area contributed by atoms with Crippen molar-refractivity contribution in [3.63, 3.8) is 0 Å². The van der Waals surface area contributed by atoms with Crippen LogP contribution in [-0.2, 0) is 4.79 Å². The molecule has 2 aromatic carbocycles. The maximum Gasteiger partial charge on any atom is 0.295 e. The van der Waals surface area contributed by atoms with Crippen LogP contribution < -0.4 is 9.47 Å². The quantitative estimate of drug-likeness (QED) is 0.478. The number of carbonyl (C=O) groups is 1. The van der Waals surface area contributed by atoms with Crippen LogP contribution in [0.1, 0.15) is 23.7 Å². The Labute approximate surface area is 138 Å². The van der Waals surface area contributed by atoms with Crippen molar-refractivity contribution in [2.45, 2.75) is 12.5 Å². The molecular weight excluding hydrogens is 310 g/mol. The van der Waals surface area contributed by atoms with Gasteiger partial charge in [0.05, 0.1) is 12.0 Å². The Morgan fingerprint density at radius 1 is 1.25 bits per heavy atom. The first-order valence-electron chi connectivity index (χ1n) is 7.36. The molecule has 0 amide bonds. The first kappa shape index (κ1) is 15.7. The smallest absolute Gasteiger partial charge is 0.295 e. The van der Waals surface area contributed by atoms with E-state index in [9.17, 15) is 14.9 Å². The number of methoxy groups -OCH3 is 1. The van der Waals surface area contributed by atoms with E-state index >= 15 is 0 Å². The van der Waals surface area contributed by atoms with Crippen LogP contribution in [0, 0.1) is 10.1 Å². The van der Waals surface area contributed by atoms with Gasteiger partial charge in [-0.15, -0.1) is 0 Å². The highest BCUT2D eigenvalue weighted by Gasteiger charge is 2.38. The third-order valence-electron chi connectivity index (χ3n) is 3.90. The molecule has 6 heteroatoms. The maximum atomic E-state index is 11.7. The molecular formula is C18H15NO5. The predicted molar refractivity (Wildman–Crippen MR) is 87.4 cm³/mol. The first-order chi connectivity index (χ1) is 11.7. The van der Waals surface area contributed by atoms with E-state index in [1.807, 2.05) is 6.07 Å². The molecule has 0 aliphatic carbocycles. The lowest BCUT2D eigenvalue weighted by Crippen LogP contribution is -2.22. The molecule has 1 aliphatic heterocycles. The van der Waals surface area contributed by atoms with Crippen molar-refractivity contribution in [2.24, 2.45) is 0 Å². The Balaban J connectivity index is 2.22. The third kappa shape index (κ3) is 2.74. The molecule has 0 spiro atoms. The minimum Gasteiger partial charge on any atom is -0.497 e. The topological polar surface area (TPSA) is 78.7 Å². The number of hydrogen-bond acceptors (Lipinski definition) is 5. The molecule has 0 unspecified atom stereocenters. The summed E-state index contributed by atoms with van der Waals surface area (Å²) in [6, 6.07) is 14.0. The number of carbonyl (C=O) groups excluding carboxylic acids is 1. The lowest BCUT2D eigenvalue weighted by Gasteiger charge is -2.26. The van der Waals surface area contributed by atoms with Crippen LogP contribution >= 0.6 is 0 Å². The molecule has 1 atom stereocenters. The van der Waals surface area contributed by atoms with Gasteiger partial charge < -0.3 is 14.3 Å². The number of allylic oxidation sites excluding steroid dienone is 1. The highest BCUT2D eigenvalue weighted by molar-refractivity contribution is 5.83. The normalized spacial score (nSPS) is 16.1. The fraction of sp³-hybridized carbons (Fsp3) is 0.167. The standard InChI is InChI=1S/C18H15NO5/c1-23-13-7-8-14-15(9-10-20)17(19(21)22)18(24-16(14)11-13)12-5-3-2-4-6-12/h2-8,10-11,18H,9H2,1H3/t18-/m0/s1. The van der Waals surface area contributed by atoms with Crippen molar-refractivity contribution in [1.29, 1.82) is 0 Å². The summed E-state index contributed by atoms with van der Waals surface area (Å²) in [5.41, 5.74) is 1.46. The van der Waals surface area contributed by atoms with E-state index in [1.165, 1.54) is 7.11 Å². The van der Waals surface area contributed by atoms with E-state index in [-0.39, 0.29) is 12.1 Å². The number of nitrogens with zero attached hydrogens (tertiary/aromatic N) is 1. The molecule has 0 fully saturated rings. The summed E-state index contributed by atoms with van der Waals surface area (Å²) in [7, 11) is 1.53. The zero-order valence-electron chi connectivity index (χ0n) is 13.0.